The van der Waals surface area contributed by atoms with E-state index in [1.807, 2.05) is 4.90 Å². The van der Waals surface area contributed by atoms with Gasteiger partial charge in [0.1, 0.15) is 11.9 Å². The quantitative estimate of drug-likeness (QED) is 0.686. The first-order valence-electron chi connectivity index (χ1n) is 8.48. The topological polar surface area (TPSA) is 98.8 Å². The number of piperidine rings is 1. The van der Waals surface area contributed by atoms with Gasteiger partial charge in [0.05, 0.1) is 16.8 Å². The number of anilines is 1. The van der Waals surface area contributed by atoms with Crippen LogP contribution in [0, 0.1) is 5.82 Å². The number of nitrogens with zero attached hydrogens (tertiary/aromatic N) is 2. The van der Waals surface area contributed by atoms with E-state index >= 15 is 0 Å². The molecule has 10 heteroatoms. The van der Waals surface area contributed by atoms with Crippen molar-refractivity contribution in [2.75, 3.05) is 31.1 Å². The number of hydrogen-bond acceptors (Lipinski definition) is 6. The largest absolute Gasteiger partial charge is 0.367 e. The van der Waals surface area contributed by atoms with Crippen molar-refractivity contribution < 1.29 is 23.6 Å². The summed E-state index contributed by atoms with van der Waals surface area (Å²) in [6.07, 6.45) is 0.119. The van der Waals surface area contributed by atoms with Gasteiger partial charge in [-0.1, -0.05) is 0 Å². The predicted molar refractivity (Wildman–Crippen MR) is 95.4 cm³/mol. The molecule has 3 aliphatic rings. The van der Waals surface area contributed by atoms with Gasteiger partial charge in [0, 0.05) is 32.6 Å². The maximum Gasteiger partial charge on any atom is 0.262 e. The predicted octanol–water partition coefficient (Wildman–Crippen LogP) is 0.0583. The summed E-state index contributed by atoms with van der Waals surface area (Å²) >= 11 is 0. The van der Waals surface area contributed by atoms with Gasteiger partial charge in [0.2, 0.25) is 11.8 Å². The molecule has 8 nitrogen and oxygen atoms in total. The molecule has 0 aliphatic carbocycles. The number of nitrogens with one attached hydrogen (secondary N) is 2. The second-order valence-electron chi connectivity index (χ2n) is 6.53. The average molecular weight is 397 g/mol. The zero-order valence-electron chi connectivity index (χ0n) is 14.3. The Balaban J connectivity index is 0.00000210. The standard InChI is InChI=1S/C17H17FN4O4.ClH/c18-11-7-9-10(8-13(11)21-5-3-19-4-6-21)17(26)22(16(9)25)12-1-2-14(23)20-15(12)24;/h7-8,12,19H,1-6H2,(H,20,23,24);1H/t12-;/m1./s1. The molecule has 1 atom stereocenters. The molecule has 1 aromatic rings. The maximum atomic E-state index is 14.6. The summed E-state index contributed by atoms with van der Waals surface area (Å²) in [4.78, 5) is 51.4. The van der Waals surface area contributed by atoms with Gasteiger partial charge in [-0.3, -0.25) is 29.4 Å². The van der Waals surface area contributed by atoms with Gasteiger partial charge in [-0.25, -0.2) is 4.39 Å². The van der Waals surface area contributed by atoms with Gasteiger partial charge in [0.15, 0.2) is 0 Å². The van der Waals surface area contributed by atoms with Crippen LogP contribution >= 0.6 is 12.4 Å². The average Bonchev–Trinajstić information content (AvgIpc) is 2.86. The Morgan fingerprint density at radius 2 is 1.63 bits per heavy atom. The van der Waals surface area contributed by atoms with E-state index in [0.29, 0.717) is 26.2 Å². The van der Waals surface area contributed by atoms with E-state index in [-0.39, 0.29) is 42.1 Å². The van der Waals surface area contributed by atoms with Gasteiger partial charge >= 0.3 is 0 Å². The van der Waals surface area contributed by atoms with Crippen molar-refractivity contribution >= 4 is 41.7 Å². The van der Waals surface area contributed by atoms with E-state index in [1.165, 1.54) is 6.07 Å². The lowest BCUT2D eigenvalue weighted by atomic mass is 10.0. The number of piperazine rings is 1. The first-order valence-corrected chi connectivity index (χ1v) is 8.48. The number of carbonyl (C=O) groups is 4. The lowest BCUT2D eigenvalue weighted by molar-refractivity contribution is -0.136. The molecule has 0 aromatic heterocycles. The highest BCUT2D eigenvalue weighted by molar-refractivity contribution is 6.23. The molecular formula is C17H18ClFN4O4. The molecule has 2 saturated heterocycles. The lowest BCUT2D eigenvalue weighted by Crippen LogP contribution is -2.54. The summed E-state index contributed by atoms with van der Waals surface area (Å²) in [7, 11) is 0. The van der Waals surface area contributed by atoms with Gasteiger partial charge < -0.3 is 10.2 Å². The summed E-state index contributed by atoms with van der Waals surface area (Å²) in [6, 6.07) is 1.41. The van der Waals surface area contributed by atoms with E-state index in [2.05, 4.69) is 10.6 Å². The van der Waals surface area contributed by atoms with Crippen molar-refractivity contribution in [3.63, 3.8) is 0 Å². The summed E-state index contributed by atoms with van der Waals surface area (Å²) in [6.45, 7) is 2.58. The fraction of sp³-hybridized carbons (Fsp3) is 0.412. The van der Waals surface area contributed by atoms with Crippen LogP contribution in [0.4, 0.5) is 10.1 Å². The molecule has 3 heterocycles. The zero-order valence-corrected chi connectivity index (χ0v) is 15.1. The number of amides is 4. The van der Waals surface area contributed by atoms with Crippen LogP contribution in [0.5, 0.6) is 0 Å². The third-order valence-corrected chi connectivity index (χ3v) is 4.96. The fourth-order valence-corrected chi connectivity index (χ4v) is 3.63. The highest BCUT2D eigenvalue weighted by Gasteiger charge is 2.45. The van der Waals surface area contributed by atoms with Gasteiger partial charge in [-0.05, 0) is 18.6 Å². The Bertz CT molecular complexity index is 840. The van der Waals surface area contributed by atoms with Crippen molar-refractivity contribution in [2.24, 2.45) is 0 Å². The number of benzene rings is 1. The third kappa shape index (κ3) is 3.17. The van der Waals surface area contributed by atoms with Crippen molar-refractivity contribution in [1.82, 2.24) is 15.5 Å². The maximum absolute atomic E-state index is 14.6. The smallest absolute Gasteiger partial charge is 0.262 e. The molecule has 144 valence electrons. The molecular weight excluding hydrogens is 379 g/mol. The molecule has 3 aliphatic heterocycles. The number of hydrogen-bond donors (Lipinski definition) is 2. The van der Waals surface area contributed by atoms with Crippen molar-refractivity contribution in [1.29, 1.82) is 0 Å². The van der Waals surface area contributed by atoms with Crippen LogP contribution < -0.4 is 15.5 Å². The molecule has 27 heavy (non-hydrogen) atoms. The minimum absolute atomic E-state index is 0. The summed E-state index contributed by atoms with van der Waals surface area (Å²) in [5, 5.41) is 5.30. The Morgan fingerprint density at radius 3 is 2.26 bits per heavy atom. The number of carbonyl (C=O) groups excluding carboxylic acids is 4. The van der Waals surface area contributed by atoms with E-state index in [4.69, 9.17) is 0 Å². The number of rotatable bonds is 2. The zero-order chi connectivity index (χ0) is 18.4. The Kier molecular flexibility index (Phi) is 5.16. The first kappa shape index (κ1) is 19.2. The molecule has 0 bridgehead atoms. The second-order valence-corrected chi connectivity index (χ2v) is 6.53. The van der Waals surface area contributed by atoms with Crippen LogP contribution in [-0.4, -0.2) is 60.7 Å². The lowest BCUT2D eigenvalue weighted by Gasteiger charge is -2.30. The van der Waals surface area contributed by atoms with Crippen LogP contribution in [0.15, 0.2) is 12.1 Å². The Hall–Kier alpha value is -2.52. The van der Waals surface area contributed by atoms with E-state index < -0.39 is 35.5 Å². The number of imide groups is 2. The molecule has 0 radical (unpaired) electrons. The monoisotopic (exact) mass is 396 g/mol. The van der Waals surface area contributed by atoms with Crippen molar-refractivity contribution in [2.45, 2.75) is 18.9 Å². The number of halogens is 2. The van der Waals surface area contributed by atoms with E-state index in [9.17, 15) is 23.6 Å². The van der Waals surface area contributed by atoms with Gasteiger partial charge in [-0.2, -0.15) is 0 Å². The van der Waals surface area contributed by atoms with Crippen LogP contribution in [0.2, 0.25) is 0 Å². The van der Waals surface area contributed by atoms with Crippen molar-refractivity contribution in [3.8, 4) is 0 Å². The molecule has 2 fully saturated rings. The summed E-state index contributed by atoms with van der Waals surface area (Å²) in [5.74, 6) is -3.02. The molecule has 4 amide bonds. The minimum Gasteiger partial charge on any atom is -0.367 e. The molecule has 0 saturated carbocycles. The highest BCUT2D eigenvalue weighted by Crippen LogP contribution is 2.32. The van der Waals surface area contributed by atoms with Crippen LogP contribution in [0.1, 0.15) is 33.6 Å². The Labute approximate surface area is 160 Å². The first-order chi connectivity index (χ1) is 12.5. The summed E-state index contributed by atoms with van der Waals surface area (Å²) < 4.78 is 14.6. The molecule has 1 aromatic carbocycles. The molecule has 4 rings (SSSR count). The van der Waals surface area contributed by atoms with E-state index in [1.54, 1.807) is 0 Å². The van der Waals surface area contributed by atoms with Crippen LogP contribution in [0.3, 0.4) is 0 Å². The second kappa shape index (κ2) is 7.24. The highest BCUT2D eigenvalue weighted by atomic mass is 35.5. The van der Waals surface area contributed by atoms with Crippen molar-refractivity contribution in [3.05, 3.63) is 29.1 Å². The number of fused-ring (bicyclic) bond motifs is 1. The third-order valence-electron chi connectivity index (χ3n) is 4.96. The fourth-order valence-electron chi connectivity index (χ4n) is 3.63. The molecule has 0 spiro atoms. The van der Waals surface area contributed by atoms with Gasteiger partial charge in [0.25, 0.3) is 11.8 Å². The SMILES string of the molecule is Cl.O=C1CC[C@@H](N2C(=O)c3cc(F)c(N4CCNCC4)cc3C2=O)C(=O)N1. The van der Waals surface area contributed by atoms with Crippen LogP contribution in [0.25, 0.3) is 0 Å². The summed E-state index contributed by atoms with van der Waals surface area (Å²) in [5.41, 5.74) is 0.322. The van der Waals surface area contributed by atoms with E-state index in [0.717, 1.165) is 11.0 Å². The molecule has 0 unspecified atom stereocenters. The normalized spacial score (nSPS) is 22.5. The minimum atomic E-state index is -1.05. The van der Waals surface area contributed by atoms with Gasteiger partial charge in [-0.15, -0.1) is 12.4 Å². The van der Waals surface area contributed by atoms with Crippen LogP contribution in [-0.2, 0) is 9.59 Å². The molecule has 2 N–H and O–H groups in total. The Morgan fingerprint density at radius 1 is 1.00 bits per heavy atom.